The fraction of sp³-hybridized carbons (Fsp3) is 0.350. The van der Waals surface area contributed by atoms with Crippen molar-refractivity contribution < 1.29 is 0 Å². The zero-order chi connectivity index (χ0) is 15.4. The first-order valence-corrected chi connectivity index (χ1v) is 8.47. The van der Waals surface area contributed by atoms with Crippen molar-refractivity contribution in [2.75, 3.05) is 0 Å². The first kappa shape index (κ1) is 15.1. The van der Waals surface area contributed by atoms with E-state index < -0.39 is 0 Å². The summed E-state index contributed by atoms with van der Waals surface area (Å²) in [5.74, 6) is 0.767. The van der Waals surface area contributed by atoms with Gasteiger partial charge in [0.2, 0.25) is 0 Å². The topological polar surface area (TPSA) is 12.4 Å². The van der Waals surface area contributed by atoms with Gasteiger partial charge in [-0.05, 0) is 72.3 Å². The number of nitrogens with zero attached hydrogens (tertiary/aromatic N) is 1. The summed E-state index contributed by atoms with van der Waals surface area (Å²) in [6, 6.07) is 15.4. The van der Waals surface area contributed by atoms with E-state index in [9.17, 15) is 0 Å². The lowest BCUT2D eigenvalue weighted by Gasteiger charge is -2.22. The van der Waals surface area contributed by atoms with Gasteiger partial charge in [-0.1, -0.05) is 49.6 Å². The molecule has 0 bridgehead atoms. The van der Waals surface area contributed by atoms with Crippen LogP contribution in [0.15, 0.2) is 47.5 Å². The molecule has 0 N–H and O–H groups in total. The van der Waals surface area contributed by atoms with Gasteiger partial charge in [-0.3, -0.25) is 0 Å². The van der Waals surface area contributed by atoms with Crippen LogP contribution in [0.5, 0.6) is 0 Å². The van der Waals surface area contributed by atoms with Gasteiger partial charge in [0.15, 0.2) is 0 Å². The minimum Gasteiger partial charge on any atom is -0.194 e. The summed E-state index contributed by atoms with van der Waals surface area (Å²) in [6.07, 6.45) is 6.87. The second-order valence-electron chi connectivity index (χ2n) is 6.16. The Balaban J connectivity index is 1.83. The van der Waals surface area contributed by atoms with Crippen molar-refractivity contribution in [2.45, 2.75) is 44.9 Å². The van der Waals surface area contributed by atoms with Gasteiger partial charge in [-0.15, -0.1) is 0 Å². The van der Waals surface area contributed by atoms with Crippen LogP contribution in [0.4, 0.5) is 5.69 Å². The van der Waals surface area contributed by atoms with E-state index in [1.54, 1.807) is 0 Å². The predicted molar refractivity (Wildman–Crippen MR) is 97.1 cm³/mol. The molecule has 0 aliphatic heterocycles. The molecule has 3 rings (SSSR count). The SMILES string of the molecule is Cc1cc(-c2ccc(C3CCCCC3)cc2)ccc1N=C=S. The predicted octanol–water partition coefficient (Wildman–Crippen LogP) is 6.44. The molecule has 0 atom stereocenters. The lowest BCUT2D eigenvalue weighted by molar-refractivity contribution is 0.443. The Morgan fingerprint density at radius 3 is 2.27 bits per heavy atom. The van der Waals surface area contributed by atoms with Gasteiger partial charge < -0.3 is 0 Å². The zero-order valence-corrected chi connectivity index (χ0v) is 13.8. The van der Waals surface area contributed by atoms with Crippen LogP contribution in [-0.4, -0.2) is 5.16 Å². The molecule has 2 aromatic rings. The van der Waals surface area contributed by atoms with Crippen molar-refractivity contribution in [3.8, 4) is 11.1 Å². The summed E-state index contributed by atoms with van der Waals surface area (Å²) in [5.41, 5.74) is 6.03. The highest BCUT2D eigenvalue weighted by molar-refractivity contribution is 7.78. The summed E-state index contributed by atoms with van der Waals surface area (Å²) in [5, 5.41) is 2.44. The molecule has 1 aliphatic carbocycles. The van der Waals surface area contributed by atoms with Crippen molar-refractivity contribution in [2.24, 2.45) is 4.99 Å². The van der Waals surface area contributed by atoms with E-state index in [2.05, 4.69) is 65.7 Å². The number of rotatable bonds is 3. The Labute approximate surface area is 138 Å². The maximum absolute atomic E-state index is 4.68. The maximum atomic E-state index is 4.68. The molecule has 0 amide bonds. The van der Waals surface area contributed by atoms with Crippen LogP contribution in [0.1, 0.15) is 49.1 Å². The van der Waals surface area contributed by atoms with E-state index in [-0.39, 0.29) is 0 Å². The highest BCUT2D eigenvalue weighted by atomic mass is 32.1. The number of hydrogen-bond acceptors (Lipinski definition) is 2. The number of hydrogen-bond donors (Lipinski definition) is 0. The van der Waals surface area contributed by atoms with E-state index in [1.807, 2.05) is 6.07 Å². The Morgan fingerprint density at radius 1 is 0.955 bits per heavy atom. The van der Waals surface area contributed by atoms with Gasteiger partial charge in [-0.25, -0.2) is 0 Å². The molecule has 1 aliphatic rings. The largest absolute Gasteiger partial charge is 0.194 e. The van der Waals surface area contributed by atoms with Gasteiger partial charge in [0.1, 0.15) is 0 Å². The summed E-state index contributed by atoms with van der Waals surface area (Å²) in [4.78, 5) is 4.08. The van der Waals surface area contributed by atoms with E-state index >= 15 is 0 Å². The molecule has 2 heteroatoms. The van der Waals surface area contributed by atoms with E-state index in [0.717, 1.165) is 17.2 Å². The number of aryl methyl sites for hydroxylation is 1. The number of aliphatic imine (C=N–C) groups is 1. The molecule has 1 saturated carbocycles. The second kappa shape index (κ2) is 7.00. The molecule has 0 saturated heterocycles. The lowest BCUT2D eigenvalue weighted by atomic mass is 9.83. The molecule has 0 unspecified atom stereocenters. The van der Waals surface area contributed by atoms with E-state index in [0.29, 0.717) is 0 Å². The highest BCUT2D eigenvalue weighted by Gasteiger charge is 2.15. The van der Waals surface area contributed by atoms with Crippen molar-refractivity contribution in [3.63, 3.8) is 0 Å². The molecular weight excluding hydrogens is 286 g/mol. The third-order valence-electron chi connectivity index (χ3n) is 4.68. The molecule has 112 valence electrons. The molecule has 0 aromatic heterocycles. The van der Waals surface area contributed by atoms with E-state index in [1.165, 1.54) is 48.8 Å². The smallest absolute Gasteiger partial charge is 0.0769 e. The minimum atomic E-state index is 0.767. The second-order valence-corrected chi connectivity index (χ2v) is 6.34. The van der Waals surface area contributed by atoms with Gasteiger partial charge in [0.05, 0.1) is 10.8 Å². The molecule has 1 fully saturated rings. The maximum Gasteiger partial charge on any atom is 0.0769 e. The number of benzene rings is 2. The standard InChI is InChI=1S/C20H21NS/c1-15-13-19(11-12-20(15)21-14-22)18-9-7-17(8-10-18)16-5-3-2-4-6-16/h7-13,16H,2-6H2,1H3. The van der Waals surface area contributed by atoms with Crippen LogP contribution in [0.3, 0.4) is 0 Å². The fourth-order valence-corrected chi connectivity index (χ4v) is 3.49. The Bertz CT molecular complexity index is 690. The third kappa shape index (κ3) is 3.35. The first-order valence-electron chi connectivity index (χ1n) is 8.07. The van der Waals surface area contributed by atoms with Crippen molar-refractivity contribution in [1.29, 1.82) is 0 Å². The van der Waals surface area contributed by atoms with Crippen LogP contribution in [0.25, 0.3) is 11.1 Å². The quantitative estimate of drug-likeness (QED) is 0.469. The van der Waals surface area contributed by atoms with Crippen LogP contribution >= 0.6 is 12.2 Å². The van der Waals surface area contributed by atoms with Crippen molar-refractivity contribution in [3.05, 3.63) is 53.6 Å². The Morgan fingerprint density at radius 2 is 1.64 bits per heavy atom. The fourth-order valence-electron chi connectivity index (χ4n) is 3.39. The molecule has 1 nitrogen and oxygen atoms in total. The molecule has 0 radical (unpaired) electrons. The molecule has 2 aromatic carbocycles. The molecule has 0 heterocycles. The van der Waals surface area contributed by atoms with Gasteiger partial charge in [0.25, 0.3) is 0 Å². The average molecular weight is 307 g/mol. The normalized spacial score (nSPS) is 15.3. The lowest BCUT2D eigenvalue weighted by Crippen LogP contribution is -2.04. The monoisotopic (exact) mass is 307 g/mol. The number of isothiocyanates is 1. The van der Waals surface area contributed by atoms with Crippen LogP contribution in [-0.2, 0) is 0 Å². The third-order valence-corrected chi connectivity index (χ3v) is 4.77. The van der Waals surface area contributed by atoms with Crippen LogP contribution in [0, 0.1) is 6.92 Å². The van der Waals surface area contributed by atoms with Crippen LogP contribution < -0.4 is 0 Å². The van der Waals surface area contributed by atoms with Crippen molar-refractivity contribution in [1.82, 2.24) is 0 Å². The Kier molecular flexibility index (Phi) is 4.82. The number of thiocarbonyl (C=S) groups is 1. The Hall–Kier alpha value is -1.76. The van der Waals surface area contributed by atoms with Gasteiger partial charge in [-0.2, -0.15) is 4.99 Å². The van der Waals surface area contributed by atoms with Gasteiger partial charge in [0, 0.05) is 0 Å². The summed E-state index contributed by atoms with van der Waals surface area (Å²) in [6.45, 7) is 2.06. The first-order chi connectivity index (χ1) is 10.8. The molecular formula is C20H21NS. The molecule has 0 spiro atoms. The van der Waals surface area contributed by atoms with Crippen molar-refractivity contribution >= 4 is 23.1 Å². The minimum absolute atomic E-state index is 0.767. The van der Waals surface area contributed by atoms with Crippen LogP contribution in [0.2, 0.25) is 0 Å². The average Bonchev–Trinajstić information content (AvgIpc) is 2.58. The van der Waals surface area contributed by atoms with E-state index in [4.69, 9.17) is 0 Å². The zero-order valence-electron chi connectivity index (χ0n) is 13.0. The summed E-state index contributed by atoms with van der Waals surface area (Å²) >= 11 is 4.68. The highest BCUT2D eigenvalue weighted by Crippen LogP contribution is 2.34. The van der Waals surface area contributed by atoms with Gasteiger partial charge >= 0.3 is 0 Å². The molecule has 22 heavy (non-hydrogen) atoms. The summed E-state index contributed by atoms with van der Waals surface area (Å²) in [7, 11) is 0. The summed E-state index contributed by atoms with van der Waals surface area (Å²) < 4.78 is 0.